The molecule has 1 fully saturated rings. The van der Waals surface area contributed by atoms with Crippen LogP contribution in [0.4, 0.5) is 0 Å². The fraction of sp³-hybridized carbons (Fsp3) is 0.909. The van der Waals surface area contributed by atoms with Gasteiger partial charge in [-0.1, -0.05) is 20.3 Å². The Morgan fingerprint density at radius 3 is 2.40 bits per heavy atom. The average Bonchev–Trinajstić information content (AvgIpc) is 2.20. The molecule has 1 amide bonds. The zero-order valence-corrected chi connectivity index (χ0v) is 10.2. The van der Waals surface area contributed by atoms with E-state index < -0.39 is 0 Å². The highest BCUT2D eigenvalue weighted by Gasteiger charge is 2.08. The summed E-state index contributed by atoms with van der Waals surface area (Å²) in [4.78, 5) is 12.8. The summed E-state index contributed by atoms with van der Waals surface area (Å²) in [6, 6.07) is 0. The standard InChI is InChI=1S/C8H16N2O2.C3H8.H2/c1-8(11)9-2-3-10-4-6-12-7-5-10;1-3-2;/h2-7H2,1H3,(H,9,11);3H2,1-2H3;1H. The zero-order valence-electron chi connectivity index (χ0n) is 10.2. The van der Waals surface area contributed by atoms with Crippen molar-refractivity contribution < 1.29 is 11.0 Å². The van der Waals surface area contributed by atoms with Crippen molar-refractivity contribution in [2.24, 2.45) is 0 Å². The van der Waals surface area contributed by atoms with Gasteiger partial charge < -0.3 is 10.1 Å². The van der Waals surface area contributed by atoms with Crippen LogP contribution in [0.15, 0.2) is 0 Å². The first-order valence-electron chi connectivity index (χ1n) is 5.75. The molecule has 0 unspecified atom stereocenters. The van der Waals surface area contributed by atoms with Crippen molar-refractivity contribution in [3.8, 4) is 0 Å². The monoisotopic (exact) mass is 218 g/mol. The number of ether oxygens (including phenoxy) is 1. The molecule has 4 heteroatoms. The fourth-order valence-corrected chi connectivity index (χ4v) is 1.21. The molecule has 1 saturated heterocycles. The minimum absolute atomic E-state index is 0. The summed E-state index contributed by atoms with van der Waals surface area (Å²) in [5.74, 6) is 0.0447. The third kappa shape index (κ3) is 9.69. The van der Waals surface area contributed by atoms with Crippen LogP contribution >= 0.6 is 0 Å². The van der Waals surface area contributed by atoms with Gasteiger partial charge in [0.2, 0.25) is 5.91 Å². The molecule has 1 aliphatic heterocycles. The number of nitrogens with zero attached hydrogens (tertiary/aromatic N) is 1. The summed E-state index contributed by atoms with van der Waals surface area (Å²) < 4.78 is 5.20. The molecule has 0 spiro atoms. The van der Waals surface area contributed by atoms with Crippen LogP contribution in [0.3, 0.4) is 0 Å². The number of hydrogen-bond donors (Lipinski definition) is 1. The maximum Gasteiger partial charge on any atom is 0.216 e. The van der Waals surface area contributed by atoms with Gasteiger partial charge in [0.15, 0.2) is 0 Å². The second kappa shape index (κ2) is 9.93. The summed E-state index contributed by atoms with van der Waals surface area (Å²) in [5.41, 5.74) is 0. The lowest BCUT2D eigenvalue weighted by atomic mass is 10.4. The minimum Gasteiger partial charge on any atom is -0.379 e. The van der Waals surface area contributed by atoms with Crippen molar-refractivity contribution in [2.45, 2.75) is 27.2 Å². The van der Waals surface area contributed by atoms with Gasteiger partial charge in [0.25, 0.3) is 0 Å². The number of morpholine rings is 1. The van der Waals surface area contributed by atoms with Gasteiger partial charge in [-0.25, -0.2) is 0 Å². The van der Waals surface area contributed by atoms with E-state index in [-0.39, 0.29) is 7.33 Å². The Kier molecular flexibility index (Phi) is 9.52. The van der Waals surface area contributed by atoms with Gasteiger partial charge in [0, 0.05) is 34.5 Å². The number of nitrogens with one attached hydrogen (secondary N) is 1. The van der Waals surface area contributed by atoms with Crippen molar-refractivity contribution in [3.63, 3.8) is 0 Å². The normalized spacial score (nSPS) is 16.5. The van der Waals surface area contributed by atoms with Crippen LogP contribution in [0.25, 0.3) is 0 Å². The van der Waals surface area contributed by atoms with E-state index in [0.717, 1.165) is 39.4 Å². The first-order chi connectivity index (χ1) is 7.20. The van der Waals surface area contributed by atoms with Gasteiger partial charge in [-0.05, 0) is 0 Å². The fourth-order valence-electron chi connectivity index (χ4n) is 1.21. The Morgan fingerprint density at radius 1 is 1.40 bits per heavy atom. The summed E-state index contributed by atoms with van der Waals surface area (Å²) in [7, 11) is 0. The highest BCUT2D eigenvalue weighted by Crippen LogP contribution is 1.94. The molecule has 0 aromatic rings. The number of amides is 1. The lowest BCUT2D eigenvalue weighted by Crippen LogP contribution is -2.40. The SMILES string of the molecule is CC(=O)NCCN1CCOCC1.CCC.[HH]. The number of rotatable bonds is 3. The van der Waals surface area contributed by atoms with Gasteiger partial charge in [-0.2, -0.15) is 0 Å². The molecule has 4 nitrogen and oxygen atoms in total. The Bertz CT molecular complexity index is 162. The van der Waals surface area contributed by atoms with Crippen molar-refractivity contribution in [2.75, 3.05) is 39.4 Å². The highest BCUT2D eigenvalue weighted by atomic mass is 16.5. The van der Waals surface area contributed by atoms with Crippen LogP contribution < -0.4 is 5.32 Å². The summed E-state index contributed by atoms with van der Waals surface area (Å²) in [6.07, 6.45) is 1.25. The molecule has 1 aliphatic rings. The summed E-state index contributed by atoms with van der Waals surface area (Å²) in [5, 5.41) is 2.77. The predicted octanol–water partition coefficient (Wildman–Crippen LogP) is 1.12. The maximum atomic E-state index is 10.5. The molecular formula is C11H26N2O2. The molecule has 0 atom stereocenters. The molecule has 92 valence electrons. The number of hydrogen-bond acceptors (Lipinski definition) is 3. The van der Waals surface area contributed by atoms with Crippen molar-refractivity contribution in [3.05, 3.63) is 0 Å². The number of carbonyl (C=O) groups is 1. The average molecular weight is 218 g/mol. The molecule has 0 aromatic carbocycles. The Labute approximate surface area is 94.5 Å². The van der Waals surface area contributed by atoms with Crippen molar-refractivity contribution >= 4 is 5.91 Å². The van der Waals surface area contributed by atoms with Crippen molar-refractivity contribution in [1.82, 2.24) is 10.2 Å². The molecule has 0 saturated carbocycles. The molecule has 0 bridgehead atoms. The van der Waals surface area contributed by atoms with E-state index in [1.54, 1.807) is 6.92 Å². The van der Waals surface area contributed by atoms with E-state index in [2.05, 4.69) is 24.1 Å². The Balaban J connectivity index is 0. The van der Waals surface area contributed by atoms with E-state index in [0.29, 0.717) is 0 Å². The van der Waals surface area contributed by atoms with E-state index in [4.69, 9.17) is 4.74 Å². The number of carbonyl (C=O) groups excluding carboxylic acids is 1. The highest BCUT2D eigenvalue weighted by molar-refractivity contribution is 5.72. The third-order valence-corrected chi connectivity index (χ3v) is 1.91. The molecular weight excluding hydrogens is 192 g/mol. The topological polar surface area (TPSA) is 41.6 Å². The van der Waals surface area contributed by atoms with Gasteiger partial charge in [0.1, 0.15) is 0 Å². The molecule has 1 N–H and O–H groups in total. The third-order valence-electron chi connectivity index (χ3n) is 1.91. The van der Waals surface area contributed by atoms with Crippen LogP contribution in [-0.4, -0.2) is 50.2 Å². The lowest BCUT2D eigenvalue weighted by Gasteiger charge is -2.26. The molecule has 1 heterocycles. The Morgan fingerprint density at radius 2 is 1.93 bits per heavy atom. The summed E-state index contributed by atoms with van der Waals surface area (Å²) in [6.45, 7) is 11.1. The smallest absolute Gasteiger partial charge is 0.216 e. The first kappa shape index (κ1) is 14.4. The van der Waals surface area contributed by atoms with Crippen LogP contribution in [0.5, 0.6) is 0 Å². The van der Waals surface area contributed by atoms with Crippen LogP contribution in [0, 0.1) is 0 Å². The Hall–Kier alpha value is -0.610. The first-order valence-corrected chi connectivity index (χ1v) is 5.75. The molecule has 1 rings (SSSR count). The maximum absolute atomic E-state index is 10.5. The van der Waals surface area contributed by atoms with Crippen LogP contribution in [0.1, 0.15) is 28.6 Å². The van der Waals surface area contributed by atoms with E-state index >= 15 is 0 Å². The van der Waals surface area contributed by atoms with E-state index in [9.17, 15) is 4.79 Å². The zero-order chi connectivity index (χ0) is 11.5. The second-order valence-corrected chi connectivity index (χ2v) is 3.64. The quantitative estimate of drug-likeness (QED) is 0.772. The second-order valence-electron chi connectivity index (χ2n) is 3.64. The largest absolute Gasteiger partial charge is 0.379 e. The van der Waals surface area contributed by atoms with Gasteiger partial charge >= 0.3 is 0 Å². The van der Waals surface area contributed by atoms with Crippen LogP contribution in [-0.2, 0) is 9.53 Å². The van der Waals surface area contributed by atoms with Gasteiger partial charge in [-0.15, -0.1) is 0 Å². The molecule has 15 heavy (non-hydrogen) atoms. The van der Waals surface area contributed by atoms with E-state index in [1.165, 1.54) is 6.42 Å². The van der Waals surface area contributed by atoms with Gasteiger partial charge in [0.05, 0.1) is 13.2 Å². The van der Waals surface area contributed by atoms with E-state index in [1.807, 2.05) is 0 Å². The lowest BCUT2D eigenvalue weighted by molar-refractivity contribution is -0.119. The molecule has 0 aliphatic carbocycles. The predicted molar refractivity (Wildman–Crippen MR) is 64.0 cm³/mol. The van der Waals surface area contributed by atoms with Gasteiger partial charge in [-0.3, -0.25) is 9.69 Å². The van der Waals surface area contributed by atoms with Crippen LogP contribution in [0.2, 0.25) is 0 Å². The van der Waals surface area contributed by atoms with Crippen molar-refractivity contribution in [1.29, 1.82) is 0 Å². The summed E-state index contributed by atoms with van der Waals surface area (Å²) >= 11 is 0. The molecule has 0 radical (unpaired) electrons. The minimum atomic E-state index is 0. The molecule has 0 aromatic heterocycles.